The number of benzene rings is 6. The largest absolute Gasteiger partial charge is 0.206 e. The van der Waals surface area contributed by atoms with Crippen molar-refractivity contribution in [2.75, 3.05) is 0 Å². The van der Waals surface area contributed by atoms with Crippen molar-refractivity contribution in [1.82, 2.24) is 0 Å². The molecular weight excluding hydrogens is 682 g/mol. The molecule has 0 aliphatic carbocycles. The zero-order valence-corrected chi connectivity index (χ0v) is 32.4. The summed E-state index contributed by atoms with van der Waals surface area (Å²) in [6, 6.07) is 31.0. The quantitative estimate of drug-likeness (QED) is 0.137. The molecule has 0 radical (unpaired) electrons. The summed E-state index contributed by atoms with van der Waals surface area (Å²) in [5.41, 5.74) is 14.3. The molecule has 0 heterocycles. The molecule has 0 saturated heterocycles. The highest BCUT2D eigenvalue weighted by atomic mass is 19.1. The highest BCUT2D eigenvalue weighted by Gasteiger charge is 2.07. The third-order valence-electron chi connectivity index (χ3n) is 9.32. The molecule has 6 rings (SSSR count). The molecular formula is C52H41F3. The van der Waals surface area contributed by atoms with Crippen molar-refractivity contribution in [2.45, 2.75) is 55.4 Å². The Bertz CT molecular complexity index is 2580. The number of halogens is 3. The predicted molar refractivity (Wildman–Crippen MR) is 220 cm³/mol. The number of aryl methyl sites for hydroxylation is 6. The van der Waals surface area contributed by atoms with E-state index in [1.165, 1.54) is 57.1 Å². The van der Waals surface area contributed by atoms with E-state index in [1.54, 1.807) is 31.2 Å². The van der Waals surface area contributed by atoms with Gasteiger partial charge in [0.2, 0.25) is 0 Å². The lowest BCUT2D eigenvalue weighted by Gasteiger charge is -2.04. The standard InChI is InChI=1S/C26H20F2.C26H21F/c1-17-13-25(27)24(26(28)14-17)12-11-22-7-5-21(6-8-22)9-10-23-15-18(2)20(4)19(3)16-23;1-18-5-7-22(8-6-18)9-10-23-11-13-25(26(27)17-23)14-12-24-15-19(2)21(4)20(3)16-24/h5-8,13-16H,1-4H3;5-8,11,13,15-17H,1-4H3. The van der Waals surface area contributed by atoms with Crippen LogP contribution in [0.5, 0.6) is 0 Å². The van der Waals surface area contributed by atoms with Crippen molar-refractivity contribution >= 4 is 0 Å². The fourth-order valence-electron chi connectivity index (χ4n) is 5.57. The Hall–Kier alpha value is -6.65. The number of hydrogen-bond acceptors (Lipinski definition) is 0. The van der Waals surface area contributed by atoms with Gasteiger partial charge in [0.1, 0.15) is 17.5 Å². The Morgan fingerprint density at radius 3 is 1.13 bits per heavy atom. The van der Waals surface area contributed by atoms with Gasteiger partial charge in [-0.25, -0.2) is 13.2 Å². The van der Waals surface area contributed by atoms with Gasteiger partial charge >= 0.3 is 0 Å². The second kappa shape index (κ2) is 17.9. The van der Waals surface area contributed by atoms with Crippen LogP contribution in [-0.2, 0) is 0 Å². The molecule has 0 spiro atoms. The van der Waals surface area contributed by atoms with Crippen molar-refractivity contribution in [3.05, 3.63) is 210 Å². The van der Waals surface area contributed by atoms with E-state index in [-0.39, 0.29) is 11.4 Å². The second-order valence-corrected chi connectivity index (χ2v) is 13.7. The Morgan fingerprint density at radius 1 is 0.309 bits per heavy atom. The van der Waals surface area contributed by atoms with Gasteiger partial charge in [-0.15, -0.1) is 0 Å². The molecule has 0 amide bonds. The predicted octanol–water partition coefficient (Wildman–Crippen LogP) is 11.9. The molecule has 0 bridgehead atoms. The molecule has 0 unspecified atom stereocenters. The molecule has 0 saturated carbocycles. The molecule has 0 N–H and O–H groups in total. The summed E-state index contributed by atoms with van der Waals surface area (Å²) in [6.07, 6.45) is 0. The monoisotopic (exact) mass is 722 g/mol. The summed E-state index contributed by atoms with van der Waals surface area (Å²) in [5, 5.41) is 0. The molecule has 0 aromatic heterocycles. The van der Waals surface area contributed by atoms with Gasteiger partial charge in [-0.05, 0) is 185 Å². The Morgan fingerprint density at radius 2 is 0.673 bits per heavy atom. The van der Waals surface area contributed by atoms with Crippen LogP contribution in [0.25, 0.3) is 0 Å². The van der Waals surface area contributed by atoms with E-state index in [2.05, 4.69) is 101 Å². The van der Waals surface area contributed by atoms with Crippen LogP contribution in [0.1, 0.15) is 89.0 Å². The molecule has 6 aromatic carbocycles. The Kier molecular flexibility index (Phi) is 12.9. The van der Waals surface area contributed by atoms with Crippen molar-refractivity contribution < 1.29 is 13.2 Å². The molecule has 55 heavy (non-hydrogen) atoms. The van der Waals surface area contributed by atoms with Gasteiger partial charge in [0.15, 0.2) is 0 Å². The zero-order chi connectivity index (χ0) is 39.6. The second-order valence-electron chi connectivity index (χ2n) is 13.7. The lowest BCUT2D eigenvalue weighted by atomic mass is 10.0. The van der Waals surface area contributed by atoms with Crippen LogP contribution >= 0.6 is 0 Å². The van der Waals surface area contributed by atoms with Crippen LogP contribution in [0.4, 0.5) is 13.2 Å². The van der Waals surface area contributed by atoms with E-state index in [1.807, 2.05) is 55.5 Å². The summed E-state index contributed by atoms with van der Waals surface area (Å²) >= 11 is 0. The molecule has 270 valence electrons. The van der Waals surface area contributed by atoms with Gasteiger partial charge in [0.05, 0.1) is 11.1 Å². The summed E-state index contributed by atoms with van der Waals surface area (Å²) in [6.45, 7) is 16.2. The van der Waals surface area contributed by atoms with Crippen LogP contribution in [0.15, 0.2) is 103 Å². The lowest BCUT2D eigenvalue weighted by molar-refractivity contribution is 0.575. The number of hydrogen-bond donors (Lipinski definition) is 0. The van der Waals surface area contributed by atoms with E-state index >= 15 is 0 Å². The average Bonchev–Trinajstić information content (AvgIpc) is 3.14. The van der Waals surface area contributed by atoms with Crippen LogP contribution in [-0.4, -0.2) is 0 Å². The minimum Gasteiger partial charge on any atom is -0.206 e. The maximum Gasteiger partial charge on any atom is 0.142 e. The summed E-state index contributed by atoms with van der Waals surface area (Å²) in [5.74, 6) is 22.1. The third-order valence-corrected chi connectivity index (χ3v) is 9.32. The Balaban J connectivity index is 0.000000211. The minimum absolute atomic E-state index is 0.209. The molecule has 0 aliphatic rings. The van der Waals surface area contributed by atoms with E-state index in [0.717, 1.165) is 22.3 Å². The van der Waals surface area contributed by atoms with E-state index < -0.39 is 11.6 Å². The maximum absolute atomic E-state index is 14.4. The van der Waals surface area contributed by atoms with Crippen molar-refractivity contribution in [3.63, 3.8) is 0 Å². The van der Waals surface area contributed by atoms with Gasteiger partial charge < -0.3 is 0 Å². The van der Waals surface area contributed by atoms with Crippen molar-refractivity contribution in [2.24, 2.45) is 0 Å². The highest BCUT2D eigenvalue weighted by Crippen LogP contribution is 2.18. The molecule has 0 aliphatic heterocycles. The first-order valence-electron chi connectivity index (χ1n) is 17.9. The minimum atomic E-state index is -0.642. The van der Waals surface area contributed by atoms with Crippen LogP contribution in [0, 0.1) is 120 Å². The van der Waals surface area contributed by atoms with Crippen LogP contribution in [0.3, 0.4) is 0 Å². The van der Waals surface area contributed by atoms with E-state index in [4.69, 9.17) is 0 Å². The molecule has 0 nitrogen and oxygen atoms in total. The van der Waals surface area contributed by atoms with Gasteiger partial charge in [-0.2, -0.15) is 0 Å². The van der Waals surface area contributed by atoms with Crippen molar-refractivity contribution in [3.8, 4) is 47.4 Å². The molecule has 0 fully saturated rings. The van der Waals surface area contributed by atoms with E-state index in [9.17, 15) is 13.2 Å². The first-order chi connectivity index (χ1) is 26.2. The first kappa shape index (κ1) is 39.6. The van der Waals surface area contributed by atoms with Crippen molar-refractivity contribution in [1.29, 1.82) is 0 Å². The Labute approximate surface area is 324 Å². The summed E-state index contributed by atoms with van der Waals surface area (Å²) in [7, 11) is 0. The fraction of sp³-hybridized carbons (Fsp3) is 0.154. The normalized spacial score (nSPS) is 9.87. The smallest absolute Gasteiger partial charge is 0.142 e. The van der Waals surface area contributed by atoms with Crippen LogP contribution < -0.4 is 0 Å². The average molecular weight is 723 g/mol. The molecule has 3 heteroatoms. The third kappa shape index (κ3) is 10.9. The summed E-state index contributed by atoms with van der Waals surface area (Å²) < 4.78 is 42.1. The van der Waals surface area contributed by atoms with Gasteiger partial charge in [0.25, 0.3) is 0 Å². The first-order valence-corrected chi connectivity index (χ1v) is 17.9. The van der Waals surface area contributed by atoms with Gasteiger partial charge in [-0.1, -0.05) is 65.1 Å². The zero-order valence-electron chi connectivity index (χ0n) is 32.4. The number of rotatable bonds is 0. The molecule has 0 atom stereocenters. The summed E-state index contributed by atoms with van der Waals surface area (Å²) in [4.78, 5) is 0. The van der Waals surface area contributed by atoms with Crippen LogP contribution in [0.2, 0.25) is 0 Å². The van der Waals surface area contributed by atoms with E-state index in [0.29, 0.717) is 22.3 Å². The highest BCUT2D eigenvalue weighted by molar-refractivity contribution is 5.52. The maximum atomic E-state index is 14.4. The molecule has 6 aromatic rings. The lowest BCUT2D eigenvalue weighted by Crippen LogP contribution is -1.91. The van der Waals surface area contributed by atoms with Gasteiger partial charge in [-0.3, -0.25) is 0 Å². The fourth-order valence-corrected chi connectivity index (χ4v) is 5.57. The topological polar surface area (TPSA) is 0 Å². The van der Waals surface area contributed by atoms with Gasteiger partial charge in [0, 0.05) is 33.4 Å². The SMILES string of the molecule is Cc1cc(F)c(C#Cc2ccc(C#Cc3cc(C)c(C)c(C)c3)cc2)c(F)c1.Cc1ccc(C#Cc2ccc(C#Cc3cc(C)c(C)c(C)c3)c(F)c2)cc1.